The maximum Gasteiger partial charge on any atom is 0.418 e. The lowest BCUT2D eigenvalue weighted by Crippen LogP contribution is -2.43. The van der Waals surface area contributed by atoms with Gasteiger partial charge in [-0.1, -0.05) is 18.2 Å². The minimum absolute atomic E-state index is 0.0589. The van der Waals surface area contributed by atoms with Gasteiger partial charge in [0.1, 0.15) is 11.9 Å². The molecule has 3 aromatic heterocycles. The molecule has 1 N–H and O–H groups in total. The number of benzene rings is 1. The second kappa shape index (κ2) is 8.79. The molecule has 2 aliphatic heterocycles. The second-order valence-corrected chi connectivity index (χ2v) is 9.73. The molecular formula is C27H24F3N7O. The number of para-hydroxylation sites is 1. The number of hydrogen-bond donors (Lipinski definition) is 1. The van der Waals surface area contributed by atoms with E-state index >= 15 is 0 Å². The zero-order valence-corrected chi connectivity index (χ0v) is 20.8. The van der Waals surface area contributed by atoms with Crippen molar-refractivity contribution in [2.45, 2.75) is 31.1 Å². The van der Waals surface area contributed by atoms with Gasteiger partial charge in [-0.25, -0.2) is 15.0 Å². The van der Waals surface area contributed by atoms with E-state index in [1.54, 1.807) is 29.8 Å². The highest BCUT2D eigenvalue weighted by Gasteiger charge is 2.45. The van der Waals surface area contributed by atoms with Gasteiger partial charge in [-0.05, 0) is 43.7 Å². The highest BCUT2D eigenvalue weighted by Crippen LogP contribution is 2.45. The summed E-state index contributed by atoms with van der Waals surface area (Å²) in [5, 5.41) is 12.8. The highest BCUT2D eigenvalue weighted by atomic mass is 19.4. The van der Waals surface area contributed by atoms with Gasteiger partial charge in [0.2, 0.25) is 0 Å². The zero-order valence-electron chi connectivity index (χ0n) is 20.8. The Labute approximate surface area is 216 Å². The van der Waals surface area contributed by atoms with E-state index in [0.29, 0.717) is 36.6 Å². The maximum absolute atomic E-state index is 14.3. The van der Waals surface area contributed by atoms with Crippen LogP contribution in [0.25, 0.3) is 22.3 Å². The van der Waals surface area contributed by atoms with E-state index in [4.69, 9.17) is 9.72 Å². The maximum atomic E-state index is 14.3. The number of hydrogen-bond acceptors (Lipinski definition) is 7. The van der Waals surface area contributed by atoms with Crippen molar-refractivity contribution >= 4 is 22.5 Å². The highest BCUT2D eigenvalue weighted by molar-refractivity contribution is 5.92. The van der Waals surface area contributed by atoms with E-state index in [2.05, 4.69) is 20.2 Å². The molecular weight excluding hydrogens is 495 g/mol. The van der Waals surface area contributed by atoms with Crippen molar-refractivity contribution in [3.63, 3.8) is 0 Å². The van der Waals surface area contributed by atoms with Crippen LogP contribution >= 0.6 is 0 Å². The summed E-state index contributed by atoms with van der Waals surface area (Å²) < 4.78 is 50.2. The van der Waals surface area contributed by atoms with E-state index in [0.717, 1.165) is 30.2 Å². The molecule has 8 nitrogen and oxygen atoms in total. The number of rotatable bonds is 3. The smallest absolute Gasteiger partial charge is 0.381 e. The number of aromatic nitrogens is 4. The van der Waals surface area contributed by atoms with Crippen LogP contribution in [0, 0.1) is 11.3 Å². The number of halogens is 3. The third-order valence-corrected chi connectivity index (χ3v) is 7.62. The van der Waals surface area contributed by atoms with E-state index in [9.17, 15) is 18.4 Å². The summed E-state index contributed by atoms with van der Waals surface area (Å²) in [6.07, 6.45) is -1.48. The molecule has 0 bridgehead atoms. The Morgan fingerprint density at radius 3 is 2.63 bits per heavy atom. The van der Waals surface area contributed by atoms with Crippen molar-refractivity contribution in [3.8, 4) is 17.3 Å². The molecule has 6 rings (SSSR count). The molecule has 11 heteroatoms. The Morgan fingerprint density at radius 2 is 1.89 bits per heavy atom. The average Bonchev–Trinajstić information content (AvgIpc) is 3.40. The molecule has 0 atom stereocenters. The molecule has 38 heavy (non-hydrogen) atoms. The molecule has 194 valence electrons. The Morgan fingerprint density at radius 1 is 1.11 bits per heavy atom. The first-order valence-electron chi connectivity index (χ1n) is 12.2. The van der Waals surface area contributed by atoms with Crippen LogP contribution in [0.3, 0.4) is 0 Å². The normalized spacial score (nSPS) is 17.1. The van der Waals surface area contributed by atoms with Crippen LogP contribution in [0.15, 0.2) is 42.7 Å². The minimum Gasteiger partial charge on any atom is -0.381 e. The Kier molecular flexibility index (Phi) is 5.63. The molecule has 2 aliphatic rings. The lowest BCUT2D eigenvalue weighted by atomic mass is 9.84. The number of pyridine rings is 2. The topological polar surface area (TPSA) is 91.9 Å². The summed E-state index contributed by atoms with van der Waals surface area (Å²) in [6, 6.07) is 11.5. The lowest BCUT2D eigenvalue weighted by molar-refractivity contribution is -0.137. The summed E-state index contributed by atoms with van der Waals surface area (Å²) in [4.78, 5) is 15.4. The summed E-state index contributed by atoms with van der Waals surface area (Å²) >= 11 is 0. The molecule has 1 fully saturated rings. The summed E-state index contributed by atoms with van der Waals surface area (Å²) in [6.45, 7) is 1.95. The van der Waals surface area contributed by atoms with Crippen LogP contribution in [0.2, 0.25) is 0 Å². The summed E-state index contributed by atoms with van der Waals surface area (Å²) in [7, 11) is 3.81. The van der Waals surface area contributed by atoms with Crippen molar-refractivity contribution in [2.24, 2.45) is 7.05 Å². The first-order chi connectivity index (χ1) is 18.2. The van der Waals surface area contributed by atoms with Gasteiger partial charge in [0, 0.05) is 32.4 Å². The number of ether oxygens (including phenoxy) is 1. The lowest BCUT2D eigenvalue weighted by Gasteiger charge is -2.40. The summed E-state index contributed by atoms with van der Waals surface area (Å²) in [5.41, 5.74) is 1.56. The van der Waals surface area contributed by atoms with Crippen LogP contribution in [-0.4, -0.2) is 44.7 Å². The van der Waals surface area contributed by atoms with Gasteiger partial charge in [0.15, 0.2) is 5.69 Å². The molecule has 0 radical (unpaired) electrons. The number of aryl methyl sites for hydroxylation is 1. The van der Waals surface area contributed by atoms with Crippen LogP contribution in [0.1, 0.15) is 35.4 Å². The number of fused-ring (bicyclic) bond motifs is 3. The molecule has 1 aromatic carbocycles. The molecule has 1 saturated heterocycles. The number of imidazole rings is 1. The molecule has 0 aliphatic carbocycles. The van der Waals surface area contributed by atoms with Gasteiger partial charge < -0.3 is 14.6 Å². The zero-order chi connectivity index (χ0) is 26.7. The predicted molar refractivity (Wildman–Crippen MR) is 134 cm³/mol. The van der Waals surface area contributed by atoms with Crippen LogP contribution in [0.5, 0.6) is 0 Å². The SMILES string of the molecule is CN1Cc2nc(Nc3cc(C(F)(F)F)c(-c4cccc5c4ncn5C)nc3C#N)ccc2C12CCOCC2. The standard InChI is InChI=1S/C27H24F3N7O/c1-36-15-32-25-16(4-3-5-22(25)36)24-18(27(28,29)30)12-19(20(13-31)35-24)33-23-7-6-17-21(34-23)14-37(2)26(17)8-10-38-11-9-26/h3-7,12,15H,8-11,14H2,1-2H3,(H,33,34). The Bertz CT molecular complexity index is 1600. The number of nitrogens with zero attached hydrogens (tertiary/aromatic N) is 6. The molecule has 0 unspecified atom stereocenters. The fourth-order valence-corrected chi connectivity index (χ4v) is 5.66. The number of alkyl halides is 3. The van der Waals surface area contributed by atoms with Crippen molar-refractivity contribution in [2.75, 3.05) is 25.6 Å². The Balaban J connectivity index is 1.42. The van der Waals surface area contributed by atoms with Crippen molar-refractivity contribution in [3.05, 3.63) is 65.2 Å². The number of nitriles is 1. The van der Waals surface area contributed by atoms with Gasteiger partial charge in [0.05, 0.1) is 45.5 Å². The average molecular weight is 520 g/mol. The van der Waals surface area contributed by atoms with E-state index in [-0.39, 0.29) is 28.2 Å². The number of nitrogens with one attached hydrogen (secondary N) is 1. The predicted octanol–water partition coefficient (Wildman–Crippen LogP) is 5.12. The number of anilines is 2. The third kappa shape index (κ3) is 3.79. The van der Waals surface area contributed by atoms with E-state index < -0.39 is 11.7 Å². The fraction of sp³-hybridized carbons (Fsp3) is 0.333. The minimum atomic E-state index is -4.72. The van der Waals surface area contributed by atoms with Gasteiger partial charge in [0.25, 0.3) is 0 Å². The van der Waals surface area contributed by atoms with Crippen molar-refractivity contribution < 1.29 is 17.9 Å². The van der Waals surface area contributed by atoms with Crippen molar-refractivity contribution in [1.29, 1.82) is 5.26 Å². The molecule has 5 heterocycles. The monoisotopic (exact) mass is 519 g/mol. The quantitative estimate of drug-likeness (QED) is 0.402. The third-order valence-electron chi connectivity index (χ3n) is 7.62. The van der Waals surface area contributed by atoms with E-state index in [1.165, 1.54) is 12.4 Å². The van der Waals surface area contributed by atoms with Gasteiger partial charge in [-0.15, -0.1) is 0 Å². The van der Waals surface area contributed by atoms with Gasteiger partial charge >= 0.3 is 6.18 Å². The molecule has 1 spiro atoms. The summed E-state index contributed by atoms with van der Waals surface area (Å²) in [5.74, 6) is 0.354. The molecule has 0 amide bonds. The van der Waals surface area contributed by atoms with Crippen LogP contribution < -0.4 is 5.32 Å². The van der Waals surface area contributed by atoms with Crippen molar-refractivity contribution in [1.82, 2.24) is 24.4 Å². The first kappa shape index (κ1) is 24.3. The second-order valence-electron chi connectivity index (χ2n) is 9.73. The molecule has 0 saturated carbocycles. The van der Waals surface area contributed by atoms with E-state index in [1.807, 2.05) is 19.2 Å². The van der Waals surface area contributed by atoms with Crippen LogP contribution in [0.4, 0.5) is 24.7 Å². The van der Waals surface area contributed by atoms with Gasteiger partial charge in [-0.2, -0.15) is 18.4 Å². The van der Waals surface area contributed by atoms with Gasteiger partial charge in [-0.3, -0.25) is 4.90 Å². The Hall–Kier alpha value is -4.01. The van der Waals surface area contributed by atoms with Crippen LogP contribution in [-0.2, 0) is 30.0 Å². The largest absolute Gasteiger partial charge is 0.418 e. The first-order valence-corrected chi connectivity index (χ1v) is 12.2. The fourth-order valence-electron chi connectivity index (χ4n) is 5.66. The molecule has 4 aromatic rings.